The van der Waals surface area contributed by atoms with Gasteiger partial charge in [0.25, 0.3) is 0 Å². The maximum atomic E-state index is 5.26. The number of pyridine rings is 2. The monoisotopic (exact) mass is 386 g/mol. The van der Waals surface area contributed by atoms with Crippen molar-refractivity contribution in [3.63, 3.8) is 0 Å². The summed E-state index contributed by atoms with van der Waals surface area (Å²) in [5, 5.41) is 2.34. The van der Waals surface area contributed by atoms with Gasteiger partial charge in [-0.1, -0.05) is 91.0 Å². The van der Waals surface area contributed by atoms with Crippen LogP contribution in [0.2, 0.25) is 0 Å². The van der Waals surface area contributed by atoms with E-state index in [0.717, 1.165) is 28.0 Å². The quantitative estimate of drug-likeness (QED) is 0.345. The van der Waals surface area contributed by atoms with Gasteiger partial charge in [0.05, 0.1) is 22.5 Å². The molecular formula is C28H22N2. The summed E-state index contributed by atoms with van der Waals surface area (Å²) in [5.41, 5.74) is 4.79. The molecule has 2 aromatic heterocycles. The molecule has 30 heavy (non-hydrogen) atoms. The van der Waals surface area contributed by atoms with Crippen LogP contribution in [0.4, 0.5) is 0 Å². The lowest BCUT2D eigenvalue weighted by Crippen LogP contribution is -2.28. The second-order valence-electron chi connectivity index (χ2n) is 7.65. The Morgan fingerprint density at radius 3 is 2.03 bits per heavy atom. The summed E-state index contributed by atoms with van der Waals surface area (Å²) >= 11 is 0. The second kappa shape index (κ2) is 7.57. The first kappa shape index (κ1) is 18.3. The fourth-order valence-corrected chi connectivity index (χ4v) is 4.13. The zero-order valence-corrected chi connectivity index (χ0v) is 16.9. The third-order valence-corrected chi connectivity index (χ3v) is 5.83. The van der Waals surface area contributed by atoms with Gasteiger partial charge in [-0.25, -0.2) is 0 Å². The van der Waals surface area contributed by atoms with Crippen LogP contribution in [0.3, 0.4) is 0 Å². The summed E-state index contributed by atoms with van der Waals surface area (Å²) in [7, 11) is 0. The molecule has 3 aromatic carbocycles. The van der Waals surface area contributed by atoms with Crippen LogP contribution in [0.25, 0.3) is 22.0 Å². The van der Waals surface area contributed by atoms with E-state index < -0.39 is 5.41 Å². The highest BCUT2D eigenvalue weighted by atomic mass is 14.8. The maximum Gasteiger partial charge on any atom is 0.0784 e. The Kier molecular flexibility index (Phi) is 4.61. The minimum absolute atomic E-state index is 0.476. The Morgan fingerprint density at radius 1 is 0.633 bits per heavy atom. The first-order valence-corrected chi connectivity index (χ1v) is 10.2. The zero-order valence-electron chi connectivity index (χ0n) is 16.9. The van der Waals surface area contributed by atoms with Gasteiger partial charge in [0.15, 0.2) is 0 Å². The van der Waals surface area contributed by atoms with Gasteiger partial charge in [0, 0.05) is 17.1 Å². The van der Waals surface area contributed by atoms with Crippen LogP contribution >= 0.6 is 0 Å². The van der Waals surface area contributed by atoms with Crippen molar-refractivity contribution in [1.29, 1.82) is 0 Å². The average molecular weight is 386 g/mol. The number of nitrogens with zero attached hydrogens (tertiary/aromatic N) is 2. The number of hydrogen-bond donors (Lipinski definition) is 0. The first-order chi connectivity index (χ1) is 14.8. The molecule has 0 aliphatic carbocycles. The van der Waals surface area contributed by atoms with Gasteiger partial charge >= 0.3 is 0 Å². The Hall–Kier alpha value is -3.78. The van der Waals surface area contributed by atoms with Crippen LogP contribution in [-0.2, 0) is 5.41 Å². The van der Waals surface area contributed by atoms with Crippen molar-refractivity contribution in [2.75, 3.05) is 0 Å². The maximum absolute atomic E-state index is 5.26. The highest BCUT2D eigenvalue weighted by molar-refractivity contribution is 5.95. The minimum Gasteiger partial charge on any atom is -0.260 e. The van der Waals surface area contributed by atoms with Gasteiger partial charge in [0.2, 0.25) is 0 Å². The van der Waals surface area contributed by atoms with Gasteiger partial charge in [-0.3, -0.25) is 9.97 Å². The lowest BCUT2D eigenvalue weighted by atomic mass is 9.75. The Labute approximate surface area is 176 Å². The molecule has 0 spiro atoms. The van der Waals surface area contributed by atoms with Gasteiger partial charge in [-0.05, 0) is 36.1 Å². The van der Waals surface area contributed by atoms with E-state index in [1.54, 1.807) is 0 Å². The van der Waals surface area contributed by atoms with Crippen molar-refractivity contribution in [2.24, 2.45) is 0 Å². The normalized spacial score (nSPS) is 13.1. The number of aromatic nitrogens is 2. The predicted molar refractivity (Wildman–Crippen MR) is 123 cm³/mol. The van der Waals surface area contributed by atoms with Gasteiger partial charge in [-0.2, -0.15) is 0 Å². The molecular weight excluding hydrogens is 364 g/mol. The minimum atomic E-state index is -0.476. The number of fused-ring (bicyclic) bond motifs is 1. The van der Waals surface area contributed by atoms with Gasteiger partial charge in [0.1, 0.15) is 0 Å². The molecule has 5 rings (SSSR count). The highest BCUT2D eigenvalue weighted by Gasteiger charge is 2.34. The second-order valence-corrected chi connectivity index (χ2v) is 7.65. The molecule has 0 aliphatic rings. The van der Waals surface area contributed by atoms with Crippen molar-refractivity contribution in [3.05, 3.63) is 132 Å². The Morgan fingerprint density at radius 2 is 1.30 bits per heavy atom. The van der Waals surface area contributed by atoms with E-state index >= 15 is 0 Å². The van der Waals surface area contributed by atoms with Crippen molar-refractivity contribution in [2.45, 2.75) is 12.3 Å². The van der Waals surface area contributed by atoms with E-state index in [-0.39, 0.29) is 0 Å². The molecule has 0 N–H and O–H groups in total. The lowest BCUT2D eigenvalue weighted by molar-refractivity contribution is 0.643. The van der Waals surface area contributed by atoms with E-state index in [1.807, 2.05) is 30.5 Å². The standard InChI is InChI=1S/C28H22N2/c1-28(23-15-6-3-7-16-23,25-18-10-11-19-29-25)26-20-22-14-8-9-17-24(22)27(30-26)21-12-4-2-5-13-21/h2-20H,1H3. The van der Waals surface area contributed by atoms with E-state index in [9.17, 15) is 0 Å². The summed E-state index contributed by atoms with van der Waals surface area (Å²) in [5.74, 6) is 0. The van der Waals surface area contributed by atoms with Crippen LogP contribution in [-0.4, -0.2) is 9.97 Å². The molecule has 2 nitrogen and oxygen atoms in total. The van der Waals surface area contributed by atoms with Gasteiger partial charge < -0.3 is 0 Å². The van der Waals surface area contributed by atoms with Crippen molar-refractivity contribution < 1.29 is 0 Å². The number of benzene rings is 3. The molecule has 0 fully saturated rings. The van der Waals surface area contributed by atoms with E-state index in [4.69, 9.17) is 9.97 Å². The number of hydrogen-bond acceptors (Lipinski definition) is 2. The lowest BCUT2D eigenvalue weighted by Gasteiger charge is -2.30. The molecule has 0 bridgehead atoms. The summed E-state index contributed by atoms with van der Waals surface area (Å²) in [4.78, 5) is 10.0. The average Bonchev–Trinajstić information content (AvgIpc) is 2.84. The summed E-state index contributed by atoms with van der Waals surface area (Å²) in [6.07, 6.45) is 1.86. The van der Waals surface area contributed by atoms with Crippen LogP contribution in [0.5, 0.6) is 0 Å². The molecule has 2 heterocycles. The molecule has 144 valence electrons. The van der Waals surface area contributed by atoms with Crippen LogP contribution in [0.15, 0.2) is 115 Å². The first-order valence-electron chi connectivity index (χ1n) is 10.2. The van der Waals surface area contributed by atoms with Gasteiger partial charge in [-0.15, -0.1) is 0 Å². The largest absolute Gasteiger partial charge is 0.260 e. The number of rotatable bonds is 4. The Balaban J connectivity index is 1.84. The summed E-state index contributed by atoms with van der Waals surface area (Å²) in [6, 6.07) is 37.7. The fraction of sp³-hybridized carbons (Fsp3) is 0.0714. The van der Waals surface area contributed by atoms with Crippen molar-refractivity contribution in [1.82, 2.24) is 9.97 Å². The zero-order chi connectivity index (χ0) is 20.4. The SMILES string of the molecule is CC(c1ccccc1)(c1ccccn1)c1cc2ccccc2c(-c2ccccc2)n1. The molecule has 1 atom stereocenters. The van der Waals surface area contributed by atoms with Crippen LogP contribution in [0.1, 0.15) is 23.9 Å². The molecule has 2 heteroatoms. The molecule has 0 radical (unpaired) electrons. The van der Waals surface area contributed by atoms with Crippen LogP contribution < -0.4 is 0 Å². The molecule has 1 unspecified atom stereocenters. The fourth-order valence-electron chi connectivity index (χ4n) is 4.13. The molecule has 0 amide bonds. The van der Waals surface area contributed by atoms with E-state index in [2.05, 4.69) is 91.9 Å². The highest BCUT2D eigenvalue weighted by Crippen LogP contribution is 2.39. The third-order valence-electron chi connectivity index (χ3n) is 5.83. The van der Waals surface area contributed by atoms with E-state index in [0.29, 0.717) is 0 Å². The Bertz CT molecular complexity index is 1240. The molecule has 5 aromatic rings. The van der Waals surface area contributed by atoms with Crippen molar-refractivity contribution >= 4 is 10.8 Å². The summed E-state index contributed by atoms with van der Waals surface area (Å²) in [6.45, 7) is 2.22. The third kappa shape index (κ3) is 3.07. The molecule has 0 saturated carbocycles. The van der Waals surface area contributed by atoms with E-state index in [1.165, 1.54) is 10.9 Å². The smallest absolute Gasteiger partial charge is 0.0784 e. The molecule has 0 aliphatic heterocycles. The topological polar surface area (TPSA) is 25.8 Å². The predicted octanol–water partition coefficient (Wildman–Crippen LogP) is 6.65. The molecule has 0 saturated heterocycles. The van der Waals surface area contributed by atoms with Crippen LogP contribution in [0, 0.1) is 0 Å². The summed E-state index contributed by atoms with van der Waals surface area (Å²) < 4.78 is 0. The van der Waals surface area contributed by atoms with Crippen molar-refractivity contribution in [3.8, 4) is 11.3 Å².